The largest absolute Gasteiger partial charge is 0.465 e. The summed E-state index contributed by atoms with van der Waals surface area (Å²) < 4.78 is 27.4. The molecule has 1 aliphatic carbocycles. The molecule has 3 N–H and O–H groups in total. The highest BCUT2D eigenvalue weighted by molar-refractivity contribution is 7.92. The van der Waals surface area contributed by atoms with Gasteiger partial charge < -0.3 is 10.4 Å². The minimum atomic E-state index is -3.68. The number of hydrogen-bond acceptors (Lipinski definition) is 3. The highest BCUT2D eigenvalue weighted by atomic mass is 35.5. The number of nitrogens with one attached hydrogen (secondary N) is 2. The van der Waals surface area contributed by atoms with Gasteiger partial charge in [-0.1, -0.05) is 17.7 Å². The first-order valence-corrected chi connectivity index (χ1v) is 9.59. The Kier molecular flexibility index (Phi) is 4.87. The van der Waals surface area contributed by atoms with Crippen LogP contribution in [0.4, 0.5) is 10.5 Å². The Balaban J connectivity index is 1.77. The van der Waals surface area contributed by atoms with Crippen molar-refractivity contribution in [3.05, 3.63) is 58.6 Å². The zero-order valence-electron chi connectivity index (χ0n) is 13.2. The van der Waals surface area contributed by atoms with Gasteiger partial charge in [0.05, 0.1) is 4.90 Å². The Bertz CT molecular complexity index is 897. The van der Waals surface area contributed by atoms with E-state index in [1.165, 1.54) is 24.3 Å². The van der Waals surface area contributed by atoms with Crippen LogP contribution in [0.2, 0.25) is 5.02 Å². The van der Waals surface area contributed by atoms with Gasteiger partial charge in [-0.05, 0) is 66.8 Å². The fourth-order valence-corrected chi connectivity index (χ4v) is 4.12. The van der Waals surface area contributed by atoms with Crippen molar-refractivity contribution in [3.8, 4) is 0 Å². The molecule has 1 atom stereocenters. The third-order valence-electron chi connectivity index (χ3n) is 4.14. The molecule has 1 aliphatic rings. The van der Waals surface area contributed by atoms with Gasteiger partial charge in [0.1, 0.15) is 0 Å². The van der Waals surface area contributed by atoms with Gasteiger partial charge >= 0.3 is 6.09 Å². The zero-order valence-corrected chi connectivity index (χ0v) is 14.8. The lowest BCUT2D eigenvalue weighted by atomic mass is 9.88. The SMILES string of the molecule is O=C(O)NC1CCc2cc(NS(=O)(=O)c3ccc(Cl)cc3)ccc2C1. The van der Waals surface area contributed by atoms with E-state index in [1.807, 2.05) is 6.07 Å². The lowest BCUT2D eigenvalue weighted by Gasteiger charge is -2.25. The number of rotatable bonds is 4. The fourth-order valence-electron chi connectivity index (χ4n) is 2.94. The summed E-state index contributed by atoms with van der Waals surface area (Å²) in [4.78, 5) is 10.9. The summed E-state index contributed by atoms with van der Waals surface area (Å²) in [6.07, 6.45) is 0.954. The summed E-state index contributed by atoms with van der Waals surface area (Å²) in [7, 11) is -3.68. The van der Waals surface area contributed by atoms with Crippen LogP contribution in [0.1, 0.15) is 17.5 Å². The van der Waals surface area contributed by atoms with Crippen molar-refractivity contribution in [2.75, 3.05) is 4.72 Å². The first kappa shape index (κ1) is 17.6. The van der Waals surface area contributed by atoms with E-state index < -0.39 is 16.1 Å². The van der Waals surface area contributed by atoms with Crippen LogP contribution in [0.15, 0.2) is 47.4 Å². The first-order valence-electron chi connectivity index (χ1n) is 7.73. The van der Waals surface area contributed by atoms with E-state index in [0.29, 0.717) is 30.0 Å². The number of sulfonamides is 1. The highest BCUT2D eigenvalue weighted by Gasteiger charge is 2.21. The molecule has 8 heteroatoms. The Hall–Kier alpha value is -2.25. The second-order valence-electron chi connectivity index (χ2n) is 5.93. The quantitative estimate of drug-likeness (QED) is 0.758. The van der Waals surface area contributed by atoms with Gasteiger partial charge in [0.25, 0.3) is 10.0 Å². The van der Waals surface area contributed by atoms with Crippen molar-refractivity contribution in [1.29, 1.82) is 0 Å². The molecule has 0 fully saturated rings. The van der Waals surface area contributed by atoms with E-state index >= 15 is 0 Å². The maximum absolute atomic E-state index is 12.4. The van der Waals surface area contributed by atoms with E-state index in [4.69, 9.17) is 16.7 Å². The number of anilines is 1. The van der Waals surface area contributed by atoms with E-state index in [2.05, 4.69) is 10.0 Å². The molecule has 0 radical (unpaired) electrons. The van der Waals surface area contributed by atoms with Gasteiger partial charge in [0.2, 0.25) is 0 Å². The van der Waals surface area contributed by atoms with E-state index in [-0.39, 0.29) is 10.9 Å². The van der Waals surface area contributed by atoms with Crippen molar-refractivity contribution in [1.82, 2.24) is 5.32 Å². The molecular formula is C17H17ClN2O4S. The van der Waals surface area contributed by atoms with Crippen molar-refractivity contribution in [2.24, 2.45) is 0 Å². The molecule has 132 valence electrons. The van der Waals surface area contributed by atoms with Crippen LogP contribution in [0, 0.1) is 0 Å². The molecule has 0 saturated heterocycles. The summed E-state index contributed by atoms with van der Waals surface area (Å²) in [6.45, 7) is 0. The molecule has 0 aromatic heterocycles. The monoisotopic (exact) mass is 380 g/mol. The third kappa shape index (κ3) is 4.24. The lowest BCUT2D eigenvalue weighted by Crippen LogP contribution is -2.37. The van der Waals surface area contributed by atoms with Gasteiger partial charge in [-0.15, -0.1) is 0 Å². The smallest absolute Gasteiger partial charge is 0.404 e. The molecule has 0 saturated carbocycles. The van der Waals surface area contributed by atoms with Crippen LogP contribution >= 0.6 is 11.6 Å². The van der Waals surface area contributed by atoms with E-state index in [1.54, 1.807) is 12.1 Å². The molecule has 6 nitrogen and oxygen atoms in total. The lowest BCUT2D eigenvalue weighted by molar-refractivity contribution is 0.188. The van der Waals surface area contributed by atoms with Crippen molar-refractivity contribution >= 4 is 33.4 Å². The summed E-state index contributed by atoms with van der Waals surface area (Å²) in [5.41, 5.74) is 2.54. The van der Waals surface area contributed by atoms with E-state index in [0.717, 1.165) is 11.1 Å². The minimum Gasteiger partial charge on any atom is -0.465 e. The predicted molar refractivity (Wildman–Crippen MR) is 95.7 cm³/mol. The first-order chi connectivity index (χ1) is 11.8. The summed E-state index contributed by atoms with van der Waals surface area (Å²) >= 11 is 5.79. The van der Waals surface area contributed by atoms with Crippen LogP contribution in [0.5, 0.6) is 0 Å². The van der Waals surface area contributed by atoms with Gasteiger partial charge in [-0.3, -0.25) is 4.72 Å². The average Bonchev–Trinajstić information content (AvgIpc) is 2.54. The molecule has 0 bridgehead atoms. The molecule has 0 heterocycles. The van der Waals surface area contributed by atoms with Crippen molar-refractivity contribution in [2.45, 2.75) is 30.2 Å². The molecule has 3 rings (SSSR count). The van der Waals surface area contributed by atoms with Crippen LogP contribution in [0.3, 0.4) is 0 Å². The van der Waals surface area contributed by atoms with Crippen LogP contribution < -0.4 is 10.0 Å². The maximum atomic E-state index is 12.4. The molecule has 2 aromatic rings. The Morgan fingerprint density at radius 2 is 1.84 bits per heavy atom. The Labute approximate surface area is 150 Å². The van der Waals surface area contributed by atoms with Crippen LogP contribution in [0.25, 0.3) is 0 Å². The molecular weight excluding hydrogens is 364 g/mol. The Morgan fingerprint density at radius 3 is 2.52 bits per heavy atom. The van der Waals surface area contributed by atoms with Gasteiger partial charge in [-0.2, -0.15) is 0 Å². The van der Waals surface area contributed by atoms with E-state index in [9.17, 15) is 13.2 Å². The fraction of sp³-hybridized carbons (Fsp3) is 0.235. The number of amides is 1. The molecule has 0 spiro atoms. The number of carbonyl (C=O) groups is 1. The minimum absolute atomic E-state index is 0.110. The summed E-state index contributed by atoms with van der Waals surface area (Å²) in [5, 5.41) is 11.8. The van der Waals surface area contributed by atoms with Gasteiger partial charge in [0, 0.05) is 16.8 Å². The number of fused-ring (bicyclic) bond motifs is 1. The predicted octanol–water partition coefficient (Wildman–Crippen LogP) is 3.27. The average molecular weight is 381 g/mol. The molecule has 2 aromatic carbocycles. The number of carboxylic acid groups (broad SMARTS) is 1. The number of hydrogen-bond donors (Lipinski definition) is 3. The zero-order chi connectivity index (χ0) is 18.0. The molecule has 1 amide bonds. The second-order valence-corrected chi connectivity index (χ2v) is 8.05. The van der Waals surface area contributed by atoms with Gasteiger partial charge in [-0.25, -0.2) is 13.2 Å². The summed E-state index contributed by atoms with van der Waals surface area (Å²) in [5.74, 6) is 0. The second kappa shape index (κ2) is 6.93. The number of benzene rings is 2. The summed E-state index contributed by atoms with van der Waals surface area (Å²) in [6, 6.07) is 11.2. The topological polar surface area (TPSA) is 95.5 Å². The van der Waals surface area contributed by atoms with Crippen LogP contribution in [-0.4, -0.2) is 25.7 Å². The molecule has 25 heavy (non-hydrogen) atoms. The van der Waals surface area contributed by atoms with Gasteiger partial charge in [0.15, 0.2) is 0 Å². The van der Waals surface area contributed by atoms with Crippen molar-refractivity contribution < 1.29 is 18.3 Å². The van der Waals surface area contributed by atoms with Crippen molar-refractivity contribution in [3.63, 3.8) is 0 Å². The number of aryl methyl sites for hydroxylation is 1. The normalized spacial score (nSPS) is 16.8. The molecule has 1 unspecified atom stereocenters. The standard InChI is InChI=1S/C17H17ClN2O4S/c18-13-3-7-16(8-4-13)25(23,24)20-15-6-2-11-9-14(19-17(21)22)5-1-12(11)10-15/h2-4,6-8,10,14,19-20H,1,5,9H2,(H,21,22). The number of halogens is 1. The highest BCUT2D eigenvalue weighted by Crippen LogP contribution is 2.26. The maximum Gasteiger partial charge on any atom is 0.404 e. The molecule has 0 aliphatic heterocycles. The third-order valence-corrected chi connectivity index (χ3v) is 5.79. The Morgan fingerprint density at radius 1 is 1.12 bits per heavy atom. The van der Waals surface area contributed by atoms with Crippen LogP contribution in [-0.2, 0) is 22.9 Å².